The van der Waals surface area contributed by atoms with Gasteiger partial charge in [-0.1, -0.05) is 6.92 Å². The predicted octanol–water partition coefficient (Wildman–Crippen LogP) is 1.70. The highest BCUT2D eigenvalue weighted by Crippen LogP contribution is 2.18. The second-order valence-corrected chi connectivity index (χ2v) is 4.92. The maximum absolute atomic E-state index is 11.9. The molecule has 0 bridgehead atoms. The lowest BCUT2D eigenvalue weighted by Crippen LogP contribution is -2.31. The number of anilines is 1. The highest BCUT2D eigenvalue weighted by Gasteiger charge is 2.13. The molecule has 0 aromatic carbocycles. The molecule has 0 atom stereocenters. The molecule has 2 aromatic rings. The van der Waals surface area contributed by atoms with Gasteiger partial charge in [0.1, 0.15) is 5.82 Å². The van der Waals surface area contributed by atoms with Crippen molar-refractivity contribution in [1.29, 1.82) is 0 Å². The Morgan fingerprint density at radius 2 is 2.24 bits per heavy atom. The average Bonchev–Trinajstić information content (AvgIpc) is 3.04. The summed E-state index contributed by atoms with van der Waals surface area (Å²) in [6.07, 6.45) is 7.12. The molecule has 114 valence electrons. The van der Waals surface area contributed by atoms with Crippen molar-refractivity contribution in [2.24, 2.45) is 7.05 Å². The maximum Gasteiger partial charge on any atom is 0.320 e. The van der Waals surface area contributed by atoms with Gasteiger partial charge < -0.3 is 9.88 Å². The Morgan fingerprint density at radius 3 is 2.90 bits per heavy atom. The molecule has 2 heterocycles. The summed E-state index contributed by atoms with van der Waals surface area (Å²) in [4.78, 5) is 15.9. The van der Waals surface area contributed by atoms with Crippen LogP contribution >= 0.6 is 0 Å². The number of nitrogens with zero attached hydrogens (tertiary/aromatic N) is 4. The number of urea groups is 1. The monoisotopic (exact) mass is 290 g/mol. The van der Waals surface area contributed by atoms with E-state index in [1.165, 1.54) is 0 Å². The van der Waals surface area contributed by atoms with Gasteiger partial charge in [-0.05, 0) is 19.8 Å². The van der Waals surface area contributed by atoms with Crippen LogP contribution in [-0.4, -0.2) is 31.9 Å². The van der Waals surface area contributed by atoms with E-state index >= 15 is 0 Å². The van der Waals surface area contributed by atoms with Gasteiger partial charge in [0.15, 0.2) is 0 Å². The third-order valence-corrected chi connectivity index (χ3v) is 3.37. The van der Waals surface area contributed by atoms with Crippen molar-refractivity contribution in [3.63, 3.8) is 0 Å². The highest BCUT2D eigenvalue weighted by atomic mass is 16.2. The summed E-state index contributed by atoms with van der Waals surface area (Å²) in [5.41, 5.74) is 2.03. The lowest BCUT2D eigenvalue weighted by Gasteiger charge is -2.09. The first kappa shape index (κ1) is 15.1. The van der Waals surface area contributed by atoms with Gasteiger partial charge in [0.2, 0.25) is 0 Å². The molecule has 0 fully saturated rings. The zero-order valence-electron chi connectivity index (χ0n) is 12.8. The minimum absolute atomic E-state index is 0.196. The first-order valence-corrected chi connectivity index (χ1v) is 7.15. The second kappa shape index (κ2) is 6.92. The van der Waals surface area contributed by atoms with Gasteiger partial charge in [0.25, 0.3) is 0 Å². The lowest BCUT2D eigenvalue weighted by molar-refractivity contribution is 0.251. The van der Waals surface area contributed by atoms with Crippen LogP contribution in [0, 0.1) is 6.92 Å². The van der Waals surface area contributed by atoms with Crippen LogP contribution in [0.15, 0.2) is 18.7 Å². The summed E-state index contributed by atoms with van der Waals surface area (Å²) < 4.78 is 3.69. The van der Waals surface area contributed by atoms with Gasteiger partial charge >= 0.3 is 6.03 Å². The summed E-state index contributed by atoms with van der Waals surface area (Å²) in [6.45, 7) is 5.46. The minimum atomic E-state index is -0.196. The Balaban J connectivity index is 1.79. The van der Waals surface area contributed by atoms with E-state index in [1.807, 2.05) is 24.7 Å². The Hall–Kier alpha value is -2.31. The number of imidazole rings is 1. The number of amides is 2. The van der Waals surface area contributed by atoms with Crippen molar-refractivity contribution < 1.29 is 4.79 Å². The molecular weight excluding hydrogens is 268 g/mol. The first-order valence-electron chi connectivity index (χ1n) is 7.15. The van der Waals surface area contributed by atoms with E-state index in [9.17, 15) is 4.79 Å². The molecule has 0 aliphatic carbocycles. The van der Waals surface area contributed by atoms with Gasteiger partial charge in [0, 0.05) is 38.1 Å². The third kappa shape index (κ3) is 3.84. The van der Waals surface area contributed by atoms with Crippen LogP contribution in [-0.2, 0) is 20.0 Å². The fourth-order valence-corrected chi connectivity index (χ4v) is 2.32. The summed E-state index contributed by atoms with van der Waals surface area (Å²) in [5, 5.41) is 10.1. The van der Waals surface area contributed by atoms with E-state index in [0.717, 1.165) is 36.5 Å². The fraction of sp³-hybridized carbons (Fsp3) is 0.500. The third-order valence-electron chi connectivity index (χ3n) is 3.37. The van der Waals surface area contributed by atoms with Gasteiger partial charge in [-0.2, -0.15) is 5.10 Å². The highest BCUT2D eigenvalue weighted by molar-refractivity contribution is 5.89. The number of aromatic nitrogens is 4. The molecule has 0 saturated heterocycles. The molecule has 2 aromatic heterocycles. The first-order chi connectivity index (χ1) is 10.1. The largest absolute Gasteiger partial charge is 0.338 e. The van der Waals surface area contributed by atoms with Crippen LogP contribution < -0.4 is 10.6 Å². The molecule has 0 saturated carbocycles. The van der Waals surface area contributed by atoms with E-state index in [2.05, 4.69) is 27.6 Å². The topological polar surface area (TPSA) is 76.8 Å². The van der Waals surface area contributed by atoms with Crippen LogP contribution in [0.5, 0.6) is 0 Å². The molecule has 2 N–H and O–H groups in total. The molecule has 0 aliphatic heterocycles. The zero-order chi connectivity index (χ0) is 15.2. The van der Waals surface area contributed by atoms with Crippen LogP contribution in [0.4, 0.5) is 10.6 Å². The van der Waals surface area contributed by atoms with Crippen molar-refractivity contribution in [3.05, 3.63) is 30.0 Å². The number of carbonyl (C=O) groups excluding carboxylic acids is 1. The number of hydrogen-bond acceptors (Lipinski definition) is 3. The summed E-state index contributed by atoms with van der Waals surface area (Å²) in [7, 11) is 1.83. The Bertz CT molecular complexity index is 587. The smallest absolute Gasteiger partial charge is 0.320 e. The Morgan fingerprint density at radius 1 is 1.43 bits per heavy atom. The van der Waals surface area contributed by atoms with Crippen molar-refractivity contribution in [1.82, 2.24) is 24.6 Å². The molecule has 0 unspecified atom stereocenters. The van der Waals surface area contributed by atoms with E-state index in [4.69, 9.17) is 0 Å². The van der Waals surface area contributed by atoms with Crippen molar-refractivity contribution in [2.45, 2.75) is 33.2 Å². The fourth-order valence-electron chi connectivity index (χ4n) is 2.32. The number of hydrogen-bond donors (Lipinski definition) is 2. The maximum atomic E-state index is 11.9. The van der Waals surface area contributed by atoms with Gasteiger partial charge in [0.05, 0.1) is 12.0 Å². The molecule has 7 heteroatoms. The van der Waals surface area contributed by atoms with E-state index in [0.29, 0.717) is 6.54 Å². The second-order valence-electron chi connectivity index (χ2n) is 4.92. The number of aryl methyl sites for hydroxylation is 3. The quantitative estimate of drug-likeness (QED) is 0.795. The number of carbonyl (C=O) groups is 1. The van der Waals surface area contributed by atoms with Gasteiger partial charge in [-0.3, -0.25) is 10.00 Å². The summed E-state index contributed by atoms with van der Waals surface area (Å²) >= 11 is 0. The zero-order valence-corrected chi connectivity index (χ0v) is 12.8. The van der Waals surface area contributed by atoms with Crippen molar-refractivity contribution in [3.8, 4) is 0 Å². The standard InChI is InChI=1S/C14H22N6O/c1-4-12-11(2)18-19(3)13(12)17-14(21)16-6-5-8-20-9-7-15-10-20/h7,9-10H,4-6,8H2,1-3H3,(H2,16,17,21). The van der Waals surface area contributed by atoms with Crippen LogP contribution in [0.1, 0.15) is 24.6 Å². The average molecular weight is 290 g/mol. The van der Waals surface area contributed by atoms with Gasteiger partial charge in [-0.15, -0.1) is 0 Å². The Labute approximate surface area is 124 Å². The molecular formula is C14H22N6O. The minimum Gasteiger partial charge on any atom is -0.338 e. The lowest BCUT2D eigenvalue weighted by atomic mass is 10.2. The van der Waals surface area contributed by atoms with Crippen molar-refractivity contribution >= 4 is 11.8 Å². The Kier molecular flexibility index (Phi) is 4.97. The number of nitrogens with one attached hydrogen (secondary N) is 2. The van der Waals surface area contributed by atoms with Crippen LogP contribution in [0.25, 0.3) is 0 Å². The van der Waals surface area contributed by atoms with E-state index in [-0.39, 0.29) is 6.03 Å². The molecule has 21 heavy (non-hydrogen) atoms. The predicted molar refractivity (Wildman–Crippen MR) is 81.2 cm³/mol. The molecule has 0 aliphatic rings. The molecule has 0 radical (unpaired) electrons. The molecule has 7 nitrogen and oxygen atoms in total. The molecule has 0 spiro atoms. The van der Waals surface area contributed by atoms with E-state index in [1.54, 1.807) is 17.2 Å². The van der Waals surface area contributed by atoms with Crippen molar-refractivity contribution in [2.75, 3.05) is 11.9 Å². The summed E-state index contributed by atoms with van der Waals surface area (Å²) in [5.74, 6) is 0.766. The van der Waals surface area contributed by atoms with E-state index < -0.39 is 0 Å². The molecule has 2 amide bonds. The SMILES string of the molecule is CCc1c(C)nn(C)c1NC(=O)NCCCn1ccnc1. The normalized spacial score (nSPS) is 10.6. The molecule has 2 rings (SSSR count). The van der Waals surface area contributed by atoms with Crippen LogP contribution in [0.3, 0.4) is 0 Å². The van der Waals surface area contributed by atoms with Crippen LogP contribution in [0.2, 0.25) is 0 Å². The van der Waals surface area contributed by atoms with Gasteiger partial charge in [-0.25, -0.2) is 9.78 Å². The summed E-state index contributed by atoms with van der Waals surface area (Å²) in [6, 6.07) is -0.196. The number of rotatable bonds is 6.